The van der Waals surface area contributed by atoms with Gasteiger partial charge >= 0.3 is 0 Å². The van der Waals surface area contributed by atoms with Gasteiger partial charge in [0, 0.05) is 23.1 Å². The molecule has 0 aliphatic carbocycles. The molecule has 1 aromatic carbocycles. The number of hydrogen-bond acceptors (Lipinski definition) is 3. The number of amides is 1. The molecule has 5 heteroatoms. The zero-order chi connectivity index (χ0) is 17.1. The summed E-state index contributed by atoms with van der Waals surface area (Å²) in [5, 5.41) is 2.75. The van der Waals surface area contributed by atoms with Crippen LogP contribution in [0.1, 0.15) is 55.8 Å². The standard InChI is InChI=1S/C18H24FNO2S/c1-2-3-4-5-6-7-12-20-18(22)11-10-16(21)14-8-9-15(19)17(23)13-14/h8-11,13,23H,2-7,12H2,1H3,(H,20,22). The van der Waals surface area contributed by atoms with Crippen LogP contribution in [0, 0.1) is 5.82 Å². The van der Waals surface area contributed by atoms with Gasteiger partial charge in [0.2, 0.25) is 5.91 Å². The molecule has 0 bridgehead atoms. The van der Waals surface area contributed by atoms with Gasteiger partial charge in [-0.25, -0.2) is 4.39 Å². The van der Waals surface area contributed by atoms with Crippen molar-refractivity contribution in [2.24, 2.45) is 0 Å². The number of nitrogens with one attached hydrogen (secondary N) is 1. The Morgan fingerprint density at radius 3 is 2.52 bits per heavy atom. The number of thiol groups is 1. The maximum absolute atomic E-state index is 13.1. The highest BCUT2D eigenvalue weighted by atomic mass is 32.1. The molecule has 126 valence electrons. The topological polar surface area (TPSA) is 46.2 Å². The number of benzene rings is 1. The minimum absolute atomic E-state index is 0.108. The molecule has 0 radical (unpaired) electrons. The Balaban J connectivity index is 2.29. The quantitative estimate of drug-likeness (QED) is 0.289. The molecule has 0 unspecified atom stereocenters. The zero-order valence-corrected chi connectivity index (χ0v) is 14.4. The highest BCUT2D eigenvalue weighted by molar-refractivity contribution is 7.80. The van der Waals surface area contributed by atoms with Gasteiger partial charge in [0.1, 0.15) is 5.82 Å². The van der Waals surface area contributed by atoms with Crippen LogP contribution >= 0.6 is 12.6 Å². The van der Waals surface area contributed by atoms with Gasteiger partial charge in [0.25, 0.3) is 0 Å². The van der Waals surface area contributed by atoms with Crippen molar-refractivity contribution >= 4 is 24.3 Å². The van der Waals surface area contributed by atoms with Crippen molar-refractivity contribution in [3.05, 3.63) is 41.7 Å². The first-order chi connectivity index (χ1) is 11.0. The summed E-state index contributed by atoms with van der Waals surface area (Å²) < 4.78 is 13.1. The van der Waals surface area contributed by atoms with Gasteiger partial charge in [-0.15, -0.1) is 12.6 Å². The molecular weight excluding hydrogens is 313 g/mol. The minimum Gasteiger partial charge on any atom is -0.353 e. The molecule has 23 heavy (non-hydrogen) atoms. The zero-order valence-electron chi connectivity index (χ0n) is 13.5. The third kappa shape index (κ3) is 7.98. The molecule has 3 nitrogen and oxygen atoms in total. The second kappa shape index (κ2) is 11.0. The van der Waals surface area contributed by atoms with Gasteiger partial charge < -0.3 is 5.32 Å². The van der Waals surface area contributed by atoms with Gasteiger partial charge in [-0.2, -0.15) is 0 Å². The predicted octanol–water partition coefficient (Wildman–Crippen LogP) is 4.33. The van der Waals surface area contributed by atoms with Crippen LogP contribution in [0.2, 0.25) is 0 Å². The molecule has 0 spiro atoms. The van der Waals surface area contributed by atoms with Gasteiger partial charge in [-0.05, 0) is 30.7 Å². The molecule has 0 aromatic heterocycles. The van der Waals surface area contributed by atoms with Gasteiger partial charge in [-0.1, -0.05) is 39.0 Å². The Morgan fingerprint density at radius 2 is 1.83 bits per heavy atom. The smallest absolute Gasteiger partial charge is 0.244 e. The van der Waals surface area contributed by atoms with Crippen LogP contribution in [-0.2, 0) is 4.79 Å². The first-order valence-electron chi connectivity index (χ1n) is 8.03. The lowest BCUT2D eigenvalue weighted by atomic mass is 10.1. The summed E-state index contributed by atoms with van der Waals surface area (Å²) in [5.41, 5.74) is 0.302. The van der Waals surface area contributed by atoms with Crippen LogP contribution in [0.15, 0.2) is 35.2 Å². The number of ketones is 1. The van der Waals surface area contributed by atoms with Crippen molar-refractivity contribution in [3.8, 4) is 0 Å². The molecule has 0 aliphatic rings. The number of carbonyl (C=O) groups excluding carboxylic acids is 2. The van der Waals surface area contributed by atoms with E-state index in [-0.39, 0.29) is 16.6 Å². The van der Waals surface area contributed by atoms with E-state index >= 15 is 0 Å². The van der Waals surface area contributed by atoms with Crippen molar-refractivity contribution in [2.45, 2.75) is 50.3 Å². The van der Waals surface area contributed by atoms with Gasteiger partial charge in [-0.3, -0.25) is 9.59 Å². The molecule has 1 N–H and O–H groups in total. The van der Waals surface area contributed by atoms with Crippen molar-refractivity contribution in [1.29, 1.82) is 0 Å². The number of rotatable bonds is 10. The van der Waals surface area contributed by atoms with Crippen LogP contribution in [0.3, 0.4) is 0 Å². The van der Waals surface area contributed by atoms with Gasteiger partial charge in [0.05, 0.1) is 0 Å². The summed E-state index contributed by atoms with van der Waals surface area (Å²) in [7, 11) is 0. The fourth-order valence-electron chi connectivity index (χ4n) is 2.09. The summed E-state index contributed by atoms with van der Waals surface area (Å²) in [4.78, 5) is 23.6. The fraction of sp³-hybridized carbons (Fsp3) is 0.444. The average Bonchev–Trinajstić information content (AvgIpc) is 2.54. The van der Waals surface area contributed by atoms with Crippen LogP contribution in [0.25, 0.3) is 0 Å². The van der Waals surface area contributed by atoms with E-state index in [1.54, 1.807) is 0 Å². The lowest BCUT2D eigenvalue weighted by Gasteiger charge is -2.02. The highest BCUT2D eigenvalue weighted by Gasteiger charge is 2.06. The molecule has 0 fully saturated rings. The third-order valence-electron chi connectivity index (χ3n) is 3.45. The van der Waals surface area contributed by atoms with Crippen molar-refractivity contribution < 1.29 is 14.0 Å². The van der Waals surface area contributed by atoms with Crippen LogP contribution in [0.4, 0.5) is 4.39 Å². The number of halogens is 1. The Bertz CT molecular complexity index is 558. The Morgan fingerprint density at radius 1 is 1.13 bits per heavy atom. The first kappa shape index (κ1) is 19.4. The van der Waals surface area contributed by atoms with E-state index < -0.39 is 5.82 Å². The van der Waals surface area contributed by atoms with Crippen LogP contribution in [-0.4, -0.2) is 18.2 Å². The monoisotopic (exact) mass is 337 g/mol. The van der Waals surface area contributed by atoms with E-state index in [1.807, 2.05) is 0 Å². The first-order valence-corrected chi connectivity index (χ1v) is 8.48. The minimum atomic E-state index is -0.481. The molecule has 0 saturated carbocycles. The molecule has 1 aromatic rings. The van der Waals surface area contributed by atoms with Crippen LogP contribution < -0.4 is 5.32 Å². The van der Waals surface area contributed by atoms with E-state index in [2.05, 4.69) is 24.9 Å². The summed E-state index contributed by atoms with van der Waals surface area (Å²) in [6, 6.07) is 3.90. The predicted molar refractivity (Wildman–Crippen MR) is 93.5 cm³/mol. The van der Waals surface area contributed by atoms with Gasteiger partial charge in [0.15, 0.2) is 5.78 Å². The highest BCUT2D eigenvalue weighted by Crippen LogP contribution is 2.14. The third-order valence-corrected chi connectivity index (χ3v) is 3.79. The second-order valence-corrected chi connectivity index (χ2v) is 5.90. The molecule has 1 amide bonds. The normalized spacial score (nSPS) is 10.9. The largest absolute Gasteiger partial charge is 0.353 e. The number of unbranched alkanes of at least 4 members (excludes halogenated alkanes) is 5. The molecule has 0 atom stereocenters. The maximum atomic E-state index is 13.1. The molecule has 1 rings (SSSR count). The van der Waals surface area contributed by atoms with Crippen molar-refractivity contribution in [1.82, 2.24) is 5.32 Å². The lowest BCUT2D eigenvalue weighted by molar-refractivity contribution is -0.116. The summed E-state index contributed by atoms with van der Waals surface area (Å²) in [5.74, 6) is -1.12. The van der Waals surface area contributed by atoms with Crippen LogP contribution in [0.5, 0.6) is 0 Å². The van der Waals surface area contributed by atoms with E-state index in [0.717, 1.165) is 12.8 Å². The molecular formula is C18H24FNO2S. The summed E-state index contributed by atoms with van der Waals surface area (Å²) >= 11 is 3.93. The number of carbonyl (C=O) groups is 2. The maximum Gasteiger partial charge on any atom is 0.244 e. The fourth-order valence-corrected chi connectivity index (χ4v) is 2.30. The van der Waals surface area contributed by atoms with Crippen molar-refractivity contribution in [3.63, 3.8) is 0 Å². The van der Waals surface area contributed by atoms with E-state index in [0.29, 0.717) is 12.1 Å². The SMILES string of the molecule is CCCCCCCCNC(=O)C=CC(=O)c1ccc(F)c(S)c1. The number of allylic oxidation sites excluding steroid dienone is 1. The Labute approximate surface area is 142 Å². The van der Waals surface area contributed by atoms with E-state index in [4.69, 9.17) is 0 Å². The van der Waals surface area contributed by atoms with E-state index in [9.17, 15) is 14.0 Å². The average molecular weight is 337 g/mol. The summed E-state index contributed by atoms with van der Waals surface area (Å²) in [6.07, 6.45) is 9.35. The lowest BCUT2D eigenvalue weighted by Crippen LogP contribution is -2.22. The molecule has 0 heterocycles. The second-order valence-electron chi connectivity index (χ2n) is 5.42. The summed E-state index contributed by atoms with van der Waals surface area (Å²) in [6.45, 7) is 2.79. The Kier molecular flexibility index (Phi) is 9.29. The van der Waals surface area contributed by atoms with E-state index in [1.165, 1.54) is 56.0 Å². The molecule has 0 saturated heterocycles. The van der Waals surface area contributed by atoms with Crippen molar-refractivity contribution in [2.75, 3.05) is 6.54 Å². The Hall–Kier alpha value is -1.62. The molecule has 0 aliphatic heterocycles. The number of hydrogen-bond donors (Lipinski definition) is 2.